The second-order valence-corrected chi connectivity index (χ2v) is 3.54. The lowest BCUT2D eigenvalue weighted by atomic mass is 9.93. The minimum absolute atomic E-state index is 0.259. The van der Waals surface area contributed by atoms with Gasteiger partial charge < -0.3 is 10.0 Å². The molecule has 1 amide bonds. The van der Waals surface area contributed by atoms with Gasteiger partial charge in [0.1, 0.15) is 0 Å². The molecule has 0 bridgehead atoms. The number of amides is 1. The number of hydrogen-bond acceptors (Lipinski definition) is 2. The van der Waals surface area contributed by atoms with E-state index in [0.29, 0.717) is 12.3 Å². The summed E-state index contributed by atoms with van der Waals surface area (Å²) in [5, 5.41) is 8.63. The quantitative estimate of drug-likeness (QED) is 0.676. The molecule has 0 aromatic heterocycles. The van der Waals surface area contributed by atoms with Crippen LogP contribution >= 0.6 is 0 Å². The van der Waals surface area contributed by atoms with E-state index in [1.54, 1.807) is 4.90 Å². The van der Waals surface area contributed by atoms with Gasteiger partial charge in [-0.25, -0.2) is 0 Å². The van der Waals surface area contributed by atoms with Crippen LogP contribution in [0.4, 0.5) is 0 Å². The van der Waals surface area contributed by atoms with Crippen molar-refractivity contribution in [1.29, 1.82) is 0 Å². The average Bonchev–Trinajstić information content (AvgIpc) is 2.07. The standard InChI is InChI=1S/C9H17NO2/c1-10-7-8(3-2-6-11)4-5-9(10)12/h8,11H,2-7H2,1H3. The van der Waals surface area contributed by atoms with Crippen molar-refractivity contribution in [3.05, 3.63) is 0 Å². The Kier molecular flexibility index (Phi) is 3.53. The van der Waals surface area contributed by atoms with Crippen LogP contribution in [0.1, 0.15) is 25.7 Å². The SMILES string of the molecule is CN1CC(CCCO)CCC1=O. The molecule has 1 fully saturated rings. The molecule has 0 radical (unpaired) electrons. The van der Waals surface area contributed by atoms with E-state index in [4.69, 9.17) is 5.11 Å². The molecule has 1 atom stereocenters. The molecule has 0 aliphatic carbocycles. The molecule has 12 heavy (non-hydrogen) atoms. The van der Waals surface area contributed by atoms with Crippen LogP contribution in [0.3, 0.4) is 0 Å². The summed E-state index contributed by atoms with van der Waals surface area (Å²) in [6.45, 7) is 1.15. The van der Waals surface area contributed by atoms with Gasteiger partial charge in [0, 0.05) is 26.6 Å². The molecule has 0 spiro atoms. The summed E-state index contributed by atoms with van der Waals surface area (Å²) in [7, 11) is 1.85. The van der Waals surface area contributed by atoms with Crippen LogP contribution in [0.25, 0.3) is 0 Å². The van der Waals surface area contributed by atoms with Crippen LogP contribution in [0.5, 0.6) is 0 Å². The van der Waals surface area contributed by atoms with Crippen LogP contribution in [0.2, 0.25) is 0 Å². The number of nitrogens with zero attached hydrogens (tertiary/aromatic N) is 1. The maximum Gasteiger partial charge on any atom is 0.222 e. The smallest absolute Gasteiger partial charge is 0.222 e. The summed E-state index contributed by atoms with van der Waals surface area (Å²) < 4.78 is 0. The Balaban J connectivity index is 2.25. The predicted octanol–water partition coefficient (Wildman–Crippen LogP) is 0.627. The molecule has 3 heteroatoms. The summed E-state index contributed by atoms with van der Waals surface area (Å²) in [6, 6.07) is 0. The molecule has 0 aromatic rings. The number of hydrogen-bond donors (Lipinski definition) is 1. The van der Waals surface area contributed by atoms with Gasteiger partial charge in [0.05, 0.1) is 0 Å². The van der Waals surface area contributed by atoms with E-state index < -0.39 is 0 Å². The van der Waals surface area contributed by atoms with Crippen molar-refractivity contribution in [1.82, 2.24) is 4.90 Å². The molecule has 0 aromatic carbocycles. The number of carbonyl (C=O) groups excluding carboxylic acids is 1. The van der Waals surface area contributed by atoms with Crippen LogP contribution in [-0.4, -0.2) is 36.1 Å². The fourth-order valence-corrected chi connectivity index (χ4v) is 1.71. The molecule has 1 N–H and O–H groups in total. The van der Waals surface area contributed by atoms with Crippen LogP contribution in [0.15, 0.2) is 0 Å². The van der Waals surface area contributed by atoms with Gasteiger partial charge in [0.15, 0.2) is 0 Å². The largest absolute Gasteiger partial charge is 0.396 e. The Labute approximate surface area is 73.4 Å². The highest BCUT2D eigenvalue weighted by Gasteiger charge is 2.21. The molecule has 1 unspecified atom stereocenters. The van der Waals surface area contributed by atoms with Gasteiger partial charge >= 0.3 is 0 Å². The van der Waals surface area contributed by atoms with Crippen molar-refractivity contribution < 1.29 is 9.90 Å². The minimum Gasteiger partial charge on any atom is -0.396 e. The molecule has 70 valence electrons. The summed E-state index contributed by atoms with van der Waals surface area (Å²) in [5.74, 6) is 0.870. The van der Waals surface area contributed by atoms with Gasteiger partial charge in [-0.05, 0) is 25.2 Å². The number of piperidine rings is 1. The Morgan fingerprint density at radius 1 is 1.67 bits per heavy atom. The highest BCUT2D eigenvalue weighted by molar-refractivity contribution is 5.76. The van der Waals surface area contributed by atoms with Crippen molar-refractivity contribution in [3.8, 4) is 0 Å². The number of likely N-dealkylation sites (tertiary alicyclic amines) is 1. The molecule has 3 nitrogen and oxygen atoms in total. The van der Waals surface area contributed by atoms with Crippen LogP contribution in [0, 0.1) is 5.92 Å². The lowest BCUT2D eigenvalue weighted by Gasteiger charge is -2.29. The van der Waals surface area contributed by atoms with Crippen LogP contribution < -0.4 is 0 Å². The van der Waals surface area contributed by atoms with Crippen molar-refractivity contribution in [3.63, 3.8) is 0 Å². The summed E-state index contributed by atoms with van der Waals surface area (Å²) in [5.41, 5.74) is 0. The van der Waals surface area contributed by atoms with Crippen molar-refractivity contribution in [2.45, 2.75) is 25.7 Å². The van der Waals surface area contributed by atoms with Crippen molar-refractivity contribution >= 4 is 5.91 Å². The van der Waals surface area contributed by atoms with E-state index in [2.05, 4.69) is 0 Å². The Hall–Kier alpha value is -0.570. The third-order valence-electron chi connectivity index (χ3n) is 2.49. The molecule has 1 aliphatic heterocycles. The van der Waals surface area contributed by atoms with Crippen LogP contribution in [-0.2, 0) is 4.79 Å². The molecule has 1 aliphatic rings. The molecule has 0 saturated carbocycles. The highest BCUT2D eigenvalue weighted by Crippen LogP contribution is 2.20. The normalized spacial score (nSPS) is 24.7. The number of aliphatic hydroxyl groups excluding tert-OH is 1. The zero-order valence-corrected chi connectivity index (χ0v) is 7.62. The third-order valence-corrected chi connectivity index (χ3v) is 2.49. The van der Waals surface area contributed by atoms with Gasteiger partial charge in [0.25, 0.3) is 0 Å². The minimum atomic E-state index is 0.259. The highest BCUT2D eigenvalue weighted by atomic mass is 16.2. The van der Waals surface area contributed by atoms with E-state index in [9.17, 15) is 4.79 Å². The second-order valence-electron chi connectivity index (χ2n) is 3.54. The summed E-state index contributed by atoms with van der Waals surface area (Å²) in [6.07, 6.45) is 3.61. The molecular weight excluding hydrogens is 154 g/mol. The molecular formula is C9H17NO2. The second kappa shape index (κ2) is 4.45. The lowest BCUT2D eigenvalue weighted by Crippen LogP contribution is -2.36. The van der Waals surface area contributed by atoms with E-state index in [0.717, 1.165) is 25.8 Å². The zero-order valence-electron chi connectivity index (χ0n) is 7.62. The third kappa shape index (κ3) is 2.48. The van der Waals surface area contributed by atoms with Crippen molar-refractivity contribution in [2.24, 2.45) is 5.92 Å². The maximum atomic E-state index is 11.1. The fourth-order valence-electron chi connectivity index (χ4n) is 1.71. The molecule has 1 saturated heterocycles. The lowest BCUT2D eigenvalue weighted by molar-refractivity contribution is -0.133. The van der Waals surface area contributed by atoms with Gasteiger partial charge in [-0.1, -0.05) is 0 Å². The average molecular weight is 171 g/mol. The summed E-state index contributed by atoms with van der Waals surface area (Å²) in [4.78, 5) is 12.9. The van der Waals surface area contributed by atoms with E-state index in [1.165, 1.54) is 0 Å². The first-order valence-electron chi connectivity index (χ1n) is 4.59. The number of aliphatic hydroxyl groups is 1. The molecule has 1 rings (SSSR count). The maximum absolute atomic E-state index is 11.1. The molecule has 1 heterocycles. The topological polar surface area (TPSA) is 40.5 Å². The first-order valence-corrected chi connectivity index (χ1v) is 4.59. The monoisotopic (exact) mass is 171 g/mol. The predicted molar refractivity (Wildman–Crippen MR) is 46.7 cm³/mol. The first-order chi connectivity index (χ1) is 5.74. The van der Waals surface area contributed by atoms with E-state index in [-0.39, 0.29) is 12.5 Å². The van der Waals surface area contributed by atoms with Gasteiger partial charge in [0.2, 0.25) is 5.91 Å². The number of rotatable bonds is 3. The van der Waals surface area contributed by atoms with Gasteiger partial charge in [-0.15, -0.1) is 0 Å². The Morgan fingerprint density at radius 2 is 2.42 bits per heavy atom. The van der Waals surface area contributed by atoms with Crippen molar-refractivity contribution in [2.75, 3.05) is 20.2 Å². The number of carbonyl (C=O) groups is 1. The van der Waals surface area contributed by atoms with Gasteiger partial charge in [-0.3, -0.25) is 4.79 Å². The van der Waals surface area contributed by atoms with Gasteiger partial charge in [-0.2, -0.15) is 0 Å². The van der Waals surface area contributed by atoms with E-state index in [1.807, 2.05) is 7.05 Å². The fraction of sp³-hybridized carbons (Fsp3) is 0.889. The first kappa shape index (κ1) is 9.52. The van der Waals surface area contributed by atoms with E-state index >= 15 is 0 Å². The Morgan fingerprint density at radius 3 is 3.00 bits per heavy atom. The Bertz CT molecular complexity index is 159. The zero-order chi connectivity index (χ0) is 8.97. The summed E-state index contributed by atoms with van der Waals surface area (Å²) >= 11 is 0.